The van der Waals surface area contributed by atoms with Crippen LogP contribution >= 0.6 is 0 Å². The van der Waals surface area contributed by atoms with Crippen LogP contribution in [0, 0.1) is 6.92 Å². The standard InChI is InChI=1S/C14H20N2O4S/c1-10-11(15)6-5-8-13(10)21(18,19)16-9-4-3-7-12(16)14(17)20-2/h5-6,8,12H,3-4,7,9,15H2,1-2H3. The van der Waals surface area contributed by atoms with Crippen molar-refractivity contribution in [2.75, 3.05) is 19.4 Å². The second kappa shape index (κ2) is 6.03. The third-order valence-corrected chi connectivity index (χ3v) is 5.89. The first-order valence-electron chi connectivity index (χ1n) is 6.84. The summed E-state index contributed by atoms with van der Waals surface area (Å²) < 4.78 is 31.7. The van der Waals surface area contributed by atoms with Crippen LogP contribution < -0.4 is 5.73 Å². The smallest absolute Gasteiger partial charge is 0.324 e. The third-order valence-electron chi connectivity index (χ3n) is 3.84. The van der Waals surface area contributed by atoms with Crippen molar-refractivity contribution in [3.05, 3.63) is 23.8 Å². The number of nitrogen functional groups attached to an aromatic ring is 1. The Labute approximate surface area is 124 Å². The number of nitrogens with zero attached hydrogens (tertiary/aromatic N) is 1. The van der Waals surface area contributed by atoms with E-state index < -0.39 is 22.0 Å². The SMILES string of the molecule is COC(=O)C1CCCCN1S(=O)(=O)c1cccc(N)c1C. The van der Waals surface area contributed by atoms with Gasteiger partial charge in [-0.3, -0.25) is 4.79 Å². The van der Waals surface area contributed by atoms with Gasteiger partial charge in [0, 0.05) is 12.2 Å². The number of rotatable bonds is 3. The van der Waals surface area contributed by atoms with Crippen LogP contribution in [0.4, 0.5) is 5.69 Å². The largest absolute Gasteiger partial charge is 0.468 e. The zero-order chi connectivity index (χ0) is 15.6. The van der Waals surface area contributed by atoms with Gasteiger partial charge >= 0.3 is 5.97 Å². The van der Waals surface area contributed by atoms with Gasteiger partial charge in [0.05, 0.1) is 12.0 Å². The minimum absolute atomic E-state index is 0.151. The number of carbonyl (C=O) groups excluding carboxylic acids is 1. The zero-order valence-electron chi connectivity index (χ0n) is 12.2. The Bertz CT molecular complexity index is 642. The average molecular weight is 312 g/mol. The molecule has 0 radical (unpaired) electrons. The number of nitrogens with two attached hydrogens (primary N) is 1. The molecule has 0 spiro atoms. The third kappa shape index (κ3) is 2.89. The topological polar surface area (TPSA) is 89.7 Å². The highest BCUT2D eigenvalue weighted by atomic mass is 32.2. The van der Waals surface area contributed by atoms with Crippen molar-refractivity contribution in [3.63, 3.8) is 0 Å². The lowest BCUT2D eigenvalue weighted by Crippen LogP contribution is -2.48. The molecule has 2 rings (SSSR count). The molecule has 0 aliphatic carbocycles. The Morgan fingerprint density at radius 2 is 2.10 bits per heavy atom. The van der Waals surface area contributed by atoms with E-state index in [2.05, 4.69) is 0 Å². The summed E-state index contributed by atoms with van der Waals surface area (Å²) >= 11 is 0. The molecule has 0 saturated carbocycles. The molecule has 1 atom stereocenters. The molecule has 116 valence electrons. The first-order valence-corrected chi connectivity index (χ1v) is 8.28. The molecule has 1 aromatic carbocycles. The van der Waals surface area contributed by atoms with Crippen molar-refractivity contribution in [2.24, 2.45) is 0 Å². The van der Waals surface area contributed by atoms with Gasteiger partial charge in [-0.05, 0) is 43.9 Å². The molecule has 1 saturated heterocycles. The molecule has 21 heavy (non-hydrogen) atoms. The van der Waals surface area contributed by atoms with Crippen molar-refractivity contribution < 1.29 is 17.9 Å². The fourth-order valence-electron chi connectivity index (χ4n) is 2.60. The molecule has 1 aliphatic rings. The Hall–Kier alpha value is -1.60. The molecule has 1 aliphatic heterocycles. The van der Waals surface area contributed by atoms with Gasteiger partial charge in [0.1, 0.15) is 6.04 Å². The quantitative estimate of drug-likeness (QED) is 0.671. The lowest BCUT2D eigenvalue weighted by atomic mass is 10.1. The van der Waals surface area contributed by atoms with E-state index in [0.717, 1.165) is 12.8 Å². The second-order valence-corrected chi connectivity index (χ2v) is 6.98. The van der Waals surface area contributed by atoms with E-state index in [1.807, 2.05) is 0 Å². The lowest BCUT2D eigenvalue weighted by Gasteiger charge is -2.33. The predicted molar refractivity (Wildman–Crippen MR) is 79.1 cm³/mol. The number of sulfonamides is 1. The van der Waals surface area contributed by atoms with Crippen molar-refractivity contribution >= 4 is 21.7 Å². The fourth-order valence-corrected chi connectivity index (χ4v) is 4.51. The summed E-state index contributed by atoms with van der Waals surface area (Å²) in [6.45, 7) is 1.98. The highest BCUT2D eigenvalue weighted by Gasteiger charge is 2.38. The first kappa shape index (κ1) is 15.8. The number of hydrogen-bond donors (Lipinski definition) is 1. The van der Waals surface area contributed by atoms with E-state index >= 15 is 0 Å². The number of carbonyl (C=O) groups is 1. The van der Waals surface area contributed by atoms with Crippen LogP contribution in [0.1, 0.15) is 24.8 Å². The van der Waals surface area contributed by atoms with Crippen LogP contribution in [0.25, 0.3) is 0 Å². The van der Waals surface area contributed by atoms with Crippen molar-refractivity contribution in [1.82, 2.24) is 4.31 Å². The molecule has 0 bridgehead atoms. The van der Waals surface area contributed by atoms with E-state index in [-0.39, 0.29) is 4.90 Å². The minimum Gasteiger partial charge on any atom is -0.468 e. The van der Waals surface area contributed by atoms with Crippen LogP contribution in [0.5, 0.6) is 0 Å². The van der Waals surface area contributed by atoms with Gasteiger partial charge in [-0.1, -0.05) is 6.07 Å². The number of benzene rings is 1. The lowest BCUT2D eigenvalue weighted by molar-refractivity contribution is -0.146. The summed E-state index contributed by atoms with van der Waals surface area (Å²) in [5, 5.41) is 0. The Morgan fingerprint density at radius 1 is 1.38 bits per heavy atom. The van der Waals surface area contributed by atoms with E-state index in [4.69, 9.17) is 10.5 Å². The average Bonchev–Trinajstić information content (AvgIpc) is 2.49. The van der Waals surface area contributed by atoms with Gasteiger partial charge in [0.2, 0.25) is 10.0 Å². The molecule has 1 aromatic rings. The number of anilines is 1. The van der Waals surface area contributed by atoms with Gasteiger partial charge in [-0.2, -0.15) is 4.31 Å². The molecular formula is C14H20N2O4S. The highest BCUT2D eigenvalue weighted by molar-refractivity contribution is 7.89. The van der Waals surface area contributed by atoms with Gasteiger partial charge in [-0.15, -0.1) is 0 Å². The molecule has 6 nitrogen and oxygen atoms in total. The normalized spacial score (nSPS) is 20.2. The number of methoxy groups -OCH3 is 1. The van der Waals surface area contributed by atoms with Gasteiger partial charge < -0.3 is 10.5 Å². The fraction of sp³-hybridized carbons (Fsp3) is 0.500. The highest BCUT2D eigenvalue weighted by Crippen LogP contribution is 2.29. The van der Waals surface area contributed by atoms with Crippen LogP contribution in [0.15, 0.2) is 23.1 Å². The Morgan fingerprint density at radius 3 is 2.76 bits per heavy atom. The summed E-state index contributed by atoms with van der Waals surface area (Å²) in [6.07, 6.45) is 2.02. The van der Waals surface area contributed by atoms with E-state index in [0.29, 0.717) is 24.2 Å². The molecule has 1 fully saturated rings. The molecule has 0 aromatic heterocycles. The van der Waals surface area contributed by atoms with Crippen LogP contribution in [0.3, 0.4) is 0 Å². The number of piperidine rings is 1. The zero-order valence-corrected chi connectivity index (χ0v) is 13.0. The first-order chi connectivity index (χ1) is 9.89. The maximum Gasteiger partial charge on any atom is 0.324 e. The van der Waals surface area contributed by atoms with E-state index in [9.17, 15) is 13.2 Å². The maximum absolute atomic E-state index is 12.9. The summed E-state index contributed by atoms with van der Waals surface area (Å²) in [5.74, 6) is -0.514. The van der Waals surface area contributed by atoms with Crippen LogP contribution in [-0.4, -0.2) is 38.4 Å². The van der Waals surface area contributed by atoms with Gasteiger partial charge in [-0.25, -0.2) is 8.42 Å². The second-order valence-electron chi connectivity index (χ2n) is 5.12. The Balaban J connectivity index is 2.46. The van der Waals surface area contributed by atoms with Crippen molar-refractivity contribution in [1.29, 1.82) is 0 Å². The molecule has 7 heteroatoms. The van der Waals surface area contributed by atoms with E-state index in [1.54, 1.807) is 19.1 Å². The molecular weight excluding hydrogens is 292 g/mol. The van der Waals surface area contributed by atoms with Crippen LogP contribution in [0.2, 0.25) is 0 Å². The van der Waals surface area contributed by atoms with Crippen molar-refractivity contribution in [3.8, 4) is 0 Å². The number of ether oxygens (including phenoxy) is 1. The number of hydrogen-bond acceptors (Lipinski definition) is 5. The molecule has 2 N–H and O–H groups in total. The van der Waals surface area contributed by atoms with Gasteiger partial charge in [0.15, 0.2) is 0 Å². The molecule has 1 heterocycles. The maximum atomic E-state index is 12.9. The monoisotopic (exact) mass is 312 g/mol. The molecule has 0 amide bonds. The minimum atomic E-state index is -3.77. The predicted octanol–water partition coefficient (Wildman–Crippen LogP) is 1.29. The van der Waals surface area contributed by atoms with Gasteiger partial charge in [0.25, 0.3) is 0 Å². The summed E-state index contributed by atoms with van der Waals surface area (Å²) in [4.78, 5) is 12.0. The summed E-state index contributed by atoms with van der Waals surface area (Å²) in [5.41, 5.74) is 6.72. The van der Waals surface area contributed by atoms with Crippen molar-refractivity contribution in [2.45, 2.75) is 37.1 Å². The summed E-state index contributed by atoms with van der Waals surface area (Å²) in [6, 6.07) is 4.02. The van der Waals surface area contributed by atoms with E-state index in [1.165, 1.54) is 17.5 Å². The Kier molecular flexibility index (Phi) is 4.53. The van der Waals surface area contributed by atoms with Crippen LogP contribution in [-0.2, 0) is 19.6 Å². The summed E-state index contributed by atoms with van der Waals surface area (Å²) in [7, 11) is -2.50. The number of esters is 1. The molecule has 1 unspecified atom stereocenters.